The molecule has 1 saturated heterocycles. The van der Waals surface area contributed by atoms with Gasteiger partial charge in [-0.05, 0) is 13.8 Å². The number of ether oxygens (including phenoxy) is 1. The van der Waals surface area contributed by atoms with Crippen LogP contribution in [-0.4, -0.2) is 49.6 Å². The lowest BCUT2D eigenvalue weighted by molar-refractivity contribution is -0.121. The highest BCUT2D eigenvalue weighted by Gasteiger charge is 2.45. The van der Waals surface area contributed by atoms with E-state index in [0.29, 0.717) is 0 Å². The highest BCUT2D eigenvalue weighted by molar-refractivity contribution is 7.89. The zero-order chi connectivity index (χ0) is 15.1. The average Bonchev–Trinajstić information content (AvgIpc) is 2.93. The maximum absolute atomic E-state index is 12.7. The van der Waals surface area contributed by atoms with E-state index in [-0.39, 0.29) is 35.4 Å². The van der Waals surface area contributed by atoms with Gasteiger partial charge >= 0.3 is 0 Å². The maximum atomic E-state index is 12.7. The Morgan fingerprint density at radius 2 is 2.15 bits per heavy atom. The fourth-order valence-corrected chi connectivity index (χ4v) is 4.36. The average molecular weight is 303 g/mol. The van der Waals surface area contributed by atoms with Crippen molar-refractivity contribution in [3.8, 4) is 0 Å². The van der Waals surface area contributed by atoms with Crippen LogP contribution in [0.3, 0.4) is 0 Å². The molecule has 8 nitrogen and oxygen atoms in total. The van der Waals surface area contributed by atoms with E-state index in [1.807, 2.05) is 0 Å². The normalized spacial score (nSPS) is 24.1. The van der Waals surface area contributed by atoms with Gasteiger partial charge in [-0.1, -0.05) is 5.16 Å². The molecule has 1 amide bonds. The summed E-state index contributed by atoms with van der Waals surface area (Å²) in [4.78, 5) is 11.5. The summed E-state index contributed by atoms with van der Waals surface area (Å²) in [5.74, 6) is -0.508. The number of primary amides is 1. The molecule has 2 N–H and O–H groups in total. The molecule has 1 aliphatic heterocycles. The smallest absolute Gasteiger partial charge is 0.249 e. The van der Waals surface area contributed by atoms with Gasteiger partial charge in [-0.3, -0.25) is 4.79 Å². The molecule has 20 heavy (non-hydrogen) atoms. The first-order chi connectivity index (χ1) is 9.28. The van der Waals surface area contributed by atoms with E-state index in [9.17, 15) is 13.2 Å². The lowest BCUT2D eigenvalue weighted by atomic mass is 10.2. The van der Waals surface area contributed by atoms with Crippen molar-refractivity contribution in [2.45, 2.75) is 37.3 Å². The summed E-state index contributed by atoms with van der Waals surface area (Å²) in [6, 6.07) is -0.918. The zero-order valence-corrected chi connectivity index (χ0v) is 12.3. The Hall–Kier alpha value is -1.45. The van der Waals surface area contributed by atoms with E-state index in [1.165, 1.54) is 21.0 Å². The summed E-state index contributed by atoms with van der Waals surface area (Å²) in [7, 11) is -2.43. The van der Waals surface area contributed by atoms with Crippen LogP contribution in [-0.2, 0) is 19.6 Å². The van der Waals surface area contributed by atoms with Crippen molar-refractivity contribution in [2.75, 3.05) is 13.7 Å². The summed E-state index contributed by atoms with van der Waals surface area (Å²) in [6.45, 7) is 3.12. The Balaban J connectivity index is 2.45. The van der Waals surface area contributed by atoms with Crippen molar-refractivity contribution >= 4 is 15.9 Å². The number of methoxy groups -OCH3 is 1. The van der Waals surface area contributed by atoms with Crippen LogP contribution in [0.1, 0.15) is 17.9 Å². The van der Waals surface area contributed by atoms with Crippen molar-refractivity contribution in [1.29, 1.82) is 0 Å². The van der Waals surface area contributed by atoms with Gasteiger partial charge in [-0.15, -0.1) is 0 Å². The molecule has 0 unspecified atom stereocenters. The van der Waals surface area contributed by atoms with Crippen LogP contribution in [0, 0.1) is 13.8 Å². The fourth-order valence-electron chi connectivity index (χ4n) is 2.42. The Kier molecular flexibility index (Phi) is 3.85. The van der Waals surface area contributed by atoms with Crippen molar-refractivity contribution in [3.05, 3.63) is 11.5 Å². The van der Waals surface area contributed by atoms with Gasteiger partial charge in [0.25, 0.3) is 0 Å². The number of aromatic nitrogens is 1. The third-order valence-corrected chi connectivity index (χ3v) is 5.53. The summed E-state index contributed by atoms with van der Waals surface area (Å²) in [5, 5.41) is 3.63. The predicted octanol–water partition coefficient (Wildman–Crippen LogP) is -0.445. The van der Waals surface area contributed by atoms with Crippen molar-refractivity contribution in [1.82, 2.24) is 9.46 Å². The maximum Gasteiger partial charge on any atom is 0.249 e. The highest BCUT2D eigenvalue weighted by Crippen LogP contribution is 2.30. The molecule has 1 aliphatic rings. The Morgan fingerprint density at radius 3 is 2.60 bits per heavy atom. The number of hydrogen-bond acceptors (Lipinski definition) is 6. The molecule has 112 valence electrons. The number of amides is 1. The molecule has 1 aromatic rings. The SMILES string of the molecule is CO[C@H]1C[C@@H](C(N)=O)N(S(=O)(=O)c2c(C)noc2C)C1. The molecule has 1 fully saturated rings. The van der Waals surface area contributed by atoms with Crippen LogP contribution in [0.25, 0.3) is 0 Å². The molecule has 1 aromatic heterocycles. The van der Waals surface area contributed by atoms with Crippen molar-refractivity contribution in [3.63, 3.8) is 0 Å². The van der Waals surface area contributed by atoms with Crippen LogP contribution in [0.2, 0.25) is 0 Å². The van der Waals surface area contributed by atoms with Gasteiger partial charge in [0.05, 0.1) is 6.10 Å². The van der Waals surface area contributed by atoms with E-state index in [0.717, 1.165) is 4.31 Å². The molecule has 9 heteroatoms. The van der Waals surface area contributed by atoms with Gasteiger partial charge in [0.15, 0.2) is 5.76 Å². The van der Waals surface area contributed by atoms with Gasteiger partial charge in [0.2, 0.25) is 15.9 Å². The molecular weight excluding hydrogens is 286 g/mol. The number of hydrogen-bond donors (Lipinski definition) is 1. The predicted molar refractivity (Wildman–Crippen MR) is 68.3 cm³/mol. The second-order valence-electron chi connectivity index (χ2n) is 4.74. The molecule has 0 aromatic carbocycles. The van der Waals surface area contributed by atoms with Gasteiger partial charge in [0.1, 0.15) is 16.6 Å². The number of carbonyl (C=O) groups is 1. The van der Waals surface area contributed by atoms with E-state index in [4.69, 9.17) is 15.0 Å². The summed E-state index contributed by atoms with van der Waals surface area (Å²) in [5.41, 5.74) is 5.55. The topological polar surface area (TPSA) is 116 Å². The monoisotopic (exact) mass is 303 g/mol. The summed E-state index contributed by atoms with van der Waals surface area (Å²) in [6.07, 6.45) is -0.114. The lowest BCUT2D eigenvalue weighted by Gasteiger charge is -2.21. The van der Waals surface area contributed by atoms with Gasteiger partial charge in [0, 0.05) is 20.1 Å². The van der Waals surface area contributed by atoms with E-state index in [2.05, 4.69) is 5.16 Å². The number of rotatable bonds is 4. The minimum absolute atomic E-state index is 0.0134. The van der Waals surface area contributed by atoms with Gasteiger partial charge < -0.3 is 15.0 Å². The Bertz CT molecular complexity index is 605. The summed E-state index contributed by atoms with van der Waals surface area (Å²) >= 11 is 0. The zero-order valence-electron chi connectivity index (χ0n) is 11.5. The molecule has 2 heterocycles. The lowest BCUT2D eigenvalue weighted by Crippen LogP contribution is -2.43. The first-order valence-corrected chi connectivity index (χ1v) is 7.49. The quantitative estimate of drug-likeness (QED) is 0.805. The summed E-state index contributed by atoms with van der Waals surface area (Å²) < 4.78 is 36.4. The standard InChI is InChI=1S/C11H17N3O5S/c1-6-10(7(2)19-13-6)20(16,17)14-5-8(18-3)4-9(14)11(12)15/h8-9H,4-5H2,1-3H3,(H2,12,15)/t8-,9-/m0/s1. The van der Waals surface area contributed by atoms with Crippen molar-refractivity contribution < 1.29 is 22.5 Å². The first-order valence-electron chi connectivity index (χ1n) is 6.05. The molecular formula is C11H17N3O5S. The van der Waals surface area contributed by atoms with Gasteiger partial charge in [-0.25, -0.2) is 8.42 Å². The van der Waals surface area contributed by atoms with Crippen LogP contribution < -0.4 is 5.73 Å². The minimum atomic E-state index is -3.90. The molecule has 0 bridgehead atoms. The third kappa shape index (κ3) is 2.32. The molecule has 2 rings (SSSR count). The molecule has 0 saturated carbocycles. The van der Waals surface area contributed by atoms with E-state index in [1.54, 1.807) is 0 Å². The largest absolute Gasteiger partial charge is 0.380 e. The molecule has 0 aliphatic carbocycles. The van der Waals surface area contributed by atoms with E-state index < -0.39 is 22.0 Å². The second-order valence-corrected chi connectivity index (χ2v) is 6.57. The molecule has 0 spiro atoms. The van der Waals surface area contributed by atoms with Crippen LogP contribution in [0.4, 0.5) is 0 Å². The fraction of sp³-hybridized carbons (Fsp3) is 0.636. The Labute approximate surface area is 116 Å². The van der Waals surface area contributed by atoms with Crippen LogP contribution >= 0.6 is 0 Å². The number of sulfonamides is 1. The number of nitrogens with two attached hydrogens (primary N) is 1. The van der Waals surface area contributed by atoms with Crippen molar-refractivity contribution in [2.24, 2.45) is 5.73 Å². The van der Waals surface area contributed by atoms with Gasteiger partial charge in [-0.2, -0.15) is 4.31 Å². The number of nitrogens with zero attached hydrogens (tertiary/aromatic N) is 2. The third-order valence-electron chi connectivity index (χ3n) is 3.41. The molecule has 0 radical (unpaired) electrons. The second kappa shape index (κ2) is 5.15. The first kappa shape index (κ1) is 14.9. The highest BCUT2D eigenvalue weighted by atomic mass is 32.2. The number of aryl methyl sites for hydroxylation is 2. The number of carbonyl (C=O) groups excluding carboxylic acids is 1. The van der Waals surface area contributed by atoms with Crippen LogP contribution in [0.5, 0.6) is 0 Å². The van der Waals surface area contributed by atoms with E-state index >= 15 is 0 Å². The Morgan fingerprint density at radius 1 is 1.50 bits per heavy atom. The van der Waals surface area contributed by atoms with Crippen LogP contribution in [0.15, 0.2) is 9.42 Å². The molecule has 2 atom stereocenters. The minimum Gasteiger partial charge on any atom is -0.380 e.